The van der Waals surface area contributed by atoms with Crippen molar-refractivity contribution in [3.05, 3.63) is 23.8 Å². The number of hydrogen-bond acceptors (Lipinski definition) is 4. The van der Waals surface area contributed by atoms with Gasteiger partial charge in [0.15, 0.2) is 6.29 Å². The van der Waals surface area contributed by atoms with Crippen molar-refractivity contribution in [2.45, 2.75) is 13.2 Å². The van der Waals surface area contributed by atoms with E-state index in [1.807, 2.05) is 0 Å². The van der Waals surface area contributed by atoms with Gasteiger partial charge in [0.2, 0.25) is 0 Å². The van der Waals surface area contributed by atoms with Crippen molar-refractivity contribution >= 4 is 11.4 Å². The predicted octanol–water partition coefficient (Wildman–Crippen LogP) is 0.698. The summed E-state index contributed by atoms with van der Waals surface area (Å²) in [5.41, 5.74) is 3.45. The molecule has 1 unspecified atom stereocenters. The van der Waals surface area contributed by atoms with Crippen molar-refractivity contribution in [3.63, 3.8) is 0 Å². The van der Waals surface area contributed by atoms with Gasteiger partial charge in [0.05, 0.1) is 18.0 Å². The Hall–Kier alpha value is -1.26. The summed E-state index contributed by atoms with van der Waals surface area (Å²) >= 11 is 0. The topological polar surface area (TPSA) is 56.3 Å². The molecule has 4 nitrogen and oxygen atoms in total. The standard InChI is InChI=1S/C10H15N3O/c1-7-2-3-8-9(6-7)13-10(12-8)11-4-5-14/h2-3,6,10-14H,4-5H2,1H3. The summed E-state index contributed by atoms with van der Waals surface area (Å²) < 4.78 is 0. The highest BCUT2D eigenvalue weighted by atomic mass is 16.3. The third-order valence-electron chi connectivity index (χ3n) is 2.24. The van der Waals surface area contributed by atoms with Crippen LogP contribution in [-0.4, -0.2) is 24.5 Å². The Morgan fingerprint density at radius 1 is 1.36 bits per heavy atom. The molecule has 4 heteroatoms. The SMILES string of the molecule is Cc1ccc2c(c1)NC(NCCO)N2. The number of hydrogen-bond donors (Lipinski definition) is 4. The van der Waals surface area contributed by atoms with E-state index in [4.69, 9.17) is 5.11 Å². The van der Waals surface area contributed by atoms with Crippen LogP contribution in [0.25, 0.3) is 0 Å². The van der Waals surface area contributed by atoms with Crippen molar-refractivity contribution in [2.75, 3.05) is 23.8 Å². The number of benzene rings is 1. The van der Waals surface area contributed by atoms with Crippen LogP contribution in [0.4, 0.5) is 11.4 Å². The number of fused-ring (bicyclic) bond motifs is 1. The second-order valence-corrected chi connectivity index (χ2v) is 3.45. The van der Waals surface area contributed by atoms with Gasteiger partial charge in [0.25, 0.3) is 0 Å². The molecule has 0 bridgehead atoms. The molecule has 1 aromatic rings. The van der Waals surface area contributed by atoms with Crippen LogP contribution in [0, 0.1) is 6.92 Å². The third-order valence-corrected chi connectivity index (χ3v) is 2.24. The highest BCUT2D eigenvalue weighted by Gasteiger charge is 2.17. The van der Waals surface area contributed by atoms with Gasteiger partial charge < -0.3 is 15.7 Å². The van der Waals surface area contributed by atoms with Crippen LogP contribution in [0.2, 0.25) is 0 Å². The first-order chi connectivity index (χ1) is 6.79. The van der Waals surface area contributed by atoms with Crippen molar-refractivity contribution in [1.29, 1.82) is 0 Å². The van der Waals surface area contributed by atoms with E-state index in [9.17, 15) is 0 Å². The highest BCUT2D eigenvalue weighted by molar-refractivity contribution is 5.74. The molecule has 0 saturated carbocycles. The number of rotatable bonds is 3. The summed E-state index contributed by atoms with van der Waals surface area (Å²) in [5.74, 6) is 0. The first kappa shape index (κ1) is 9.30. The van der Waals surface area contributed by atoms with E-state index in [1.165, 1.54) is 5.56 Å². The molecule has 1 atom stereocenters. The lowest BCUT2D eigenvalue weighted by atomic mass is 10.2. The maximum Gasteiger partial charge on any atom is 0.153 e. The van der Waals surface area contributed by atoms with E-state index in [0.717, 1.165) is 11.4 Å². The van der Waals surface area contributed by atoms with Crippen LogP contribution in [0.3, 0.4) is 0 Å². The molecule has 1 aliphatic rings. The normalized spacial score (nSPS) is 18.6. The van der Waals surface area contributed by atoms with E-state index in [0.29, 0.717) is 6.54 Å². The Bertz CT molecular complexity index is 327. The number of aliphatic hydroxyl groups excluding tert-OH is 1. The van der Waals surface area contributed by atoms with Crippen LogP contribution in [-0.2, 0) is 0 Å². The van der Waals surface area contributed by atoms with E-state index >= 15 is 0 Å². The number of aliphatic hydroxyl groups is 1. The Labute approximate surface area is 83.3 Å². The van der Waals surface area contributed by atoms with E-state index < -0.39 is 0 Å². The molecule has 14 heavy (non-hydrogen) atoms. The highest BCUT2D eigenvalue weighted by Crippen LogP contribution is 2.28. The zero-order chi connectivity index (χ0) is 9.97. The van der Waals surface area contributed by atoms with Gasteiger partial charge in [-0.2, -0.15) is 0 Å². The molecule has 76 valence electrons. The summed E-state index contributed by atoms with van der Waals surface area (Å²) in [6.07, 6.45) is 0.0268. The first-order valence-electron chi connectivity index (χ1n) is 4.77. The maximum atomic E-state index is 8.67. The molecular formula is C10H15N3O. The van der Waals surface area contributed by atoms with Crippen molar-refractivity contribution in [2.24, 2.45) is 0 Å². The van der Waals surface area contributed by atoms with Crippen LogP contribution in [0.5, 0.6) is 0 Å². The summed E-state index contributed by atoms with van der Waals surface area (Å²) in [6, 6.07) is 6.23. The molecule has 0 aliphatic carbocycles. The second kappa shape index (κ2) is 3.86. The van der Waals surface area contributed by atoms with Gasteiger partial charge in [-0.3, -0.25) is 5.32 Å². The zero-order valence-corrected chi connectivity index (χ0v) is 8.17. The van der Waals surface area contributed by atoms with Gasteiger partial charge in [-0.25, -0.2) is 0 Å². The lowest BCUT2D eigenvalue weighted by molar-refractivity contribution is 0.289. The number of anilines is 2. The van der Waals surface area contributed by atoms with E-state index in [1.54, 1.807) is 0 Å². The van der Waals surface area contributed by atoms with E-state index in [2.05, 4.69) is 41.1 Å². The lowest BCUT2D eigenvalue weighted by Crippen LogP contribution is -2.40. The number of nitrogens with one attached hydrogen (secondary N) is 3. The molecule has 0 spiro atoms. The summed E-state index contributed by atoms with van der Waals surface area (Å²) in [6.45, 7) is 2.79. The zero-order valence-electron chi connectivity index (χ0n) is 8.17. The van der Waals surface area contributed by atoms with Gasteiger partial charge in [0, 0.05) is 6.54 Å². The van der Waals surface area contributed by atoms with Crippen molar-refractivity contribution in [1.82, 2.24) is 5.32 Å². The van der Waals surface area contributed by atoms with Gasteiger partial charge in [0.1, 0.15) is 0 Å². The monoisotopic (exact) mass is 193 g/mol. The number of aryl methyl sites for hydroxylation is 1. The molecule has 0 amide bonds. The largest absolute Gasteiger partial charge is 0.395 e. The van der Waals surface area contributed by atoms with Gasteiger partial charge in [-0.05, 0) is 24.6 Å². The third kappa shape index (κ3) is 1.81. The molecule has 0 saturated heterocycles. The van der Waals surface area contributed by atoms with Gasteiger partial charge in [-0.1, -0.05) is 6.07 Å². The minimum absolute atomic E-state index is 0.0268. The molecule has 1 aromatic carbocycles. The Morgan fingerprint density at radius 2 is 2.14 bits per heavy atom. The van der Waals surface area contributed by atoms with Gasteiger partial charge in [-0.15, -0.1) is 0 Å². The van der Waals surface area contributed by atoms with Crippen molar-refractivity contribution < 1.29 is 5.11 Å². The Morgan fingerprint density at radius 3 is 2.93 bits per heavy atom. The molecule has 0 aromatic heterocycles. The molecule has 0 fully saturated rings. The Kier molecular flexibility index (Phi) is 2.56. The summed E-state index contributed by atoms with van der Waals surface area (Å²) in [4.78, 5) is 0. The average Bonchev–Trinajstić information content (AvgIpc) is 2.56. The molecule has 2 rings (SSSR count). The summed E-state index contributed by atoms with van der Waals surface area (Å²) in [7, 11) is 0. The van der Waals surface area contributed by atoms with Crippen LogP contribution in [0.1, 0.15) is 5.56 Å². The quantitative estimate of drug-likeness (QED) is 0.571. The summed E-state index contributed by atoms with van der Waals surface area (Å²) in [5, 5.41) is 18.3. The second-order valence-electron chi connectivity index (χ2n) is 3.45. The van der Waals surface area contributed by atoms with E-state index in [-0.39, 0.29) is 12.9 Å². The van der Waals surface area contributed by atoms with Crippen LogP contribution in [0.15, 0.2) is 18.2 Å². The first-order valence-corrected chi connectivity index (χ1v) is 4.77. The fraction of sp³-hybridized carbons (Fsp3) is 0.400. The van der Waals surface area contributed by atoms with Crippen LogP contribution >= 0.6 is 0 Å². The van der Waals surface area contributed by atoms with Crippen LogP contribution < -0.4 is 16.0 Å². The smallest absolute Gasteiger partial charge is 0.153 e. The Balaban J connectivity index is 2.03. The van der Waals surface area contributed by atoms with Crippen molar-refractivity contribution in [3.8, 4) is 0 Å². The fourth-order valence-electron chi connectivity index (χ4n) is 1.56. The predicted molar refractivity (Wildman–Crippen MR) is 57.3 cm³/mol. The molecule has 1 aliphatic heterocycles. The molecule has 4 N–H and O–H groups in total. The lowest BCUT2D eigenvalue weighted by Gasteiger charge is -2.12. The van der Waals surface area contributed by atoms with Gasteiger partial charge >= 0.3 is 0 Å². The average molecular weight is 193 g/mol. The molecule has 0 radical (unpaired) electrons. The molecule has 1 heterocycles. The minimum Gasteiger partial charge on any atom is -0.395 e. The fourth-order valence-corrected chi connectivity index (χ4v) is 1.56. The molecular weight excluding hydrogens is 178 g/mol. The maximum absolute atomic E-state index is 8.67. The minimum atomic E-state index is 0.0268.